The van der Waals surface area contributed by atoms with Crippen LogP contribution in [0.15, 0.2) is 10.3 Å². The van der Waals surface area contributed by atoms with Gasteiger partial charge in [-0.25, -0.2) is 0 Å². The zero-order valence-corrected chi connectivity index (χ0v) is 9.40. The van der Waals surface area contributed by atoms with Gasteiger partial charge in [0.1, 0.15) is 5.11 Å². The normalized spacial score (nSPS) is 13.1. The van der Waals surface area contributed by atoms with Crippen LogP contribution in [0.2, 0.25) is 0 Å². The zero-order valence-electron chi connectivity index (χ0n) is 8.58. The van der Waals surface area contributed by atoms with E-state index in [0.29, 0.717) is 0 Å². The first-order valence-electron chi connectivity index (χ1n) is 4.49. The van der Waals surface area contributed by atoms with Gasteiger partial charge in [-0.1, -0.05) is 20.3 Å². The minimum Gasteiger partial charge on any atom is -0.284 e. The van der Waals surface area contributed by atoms with Crippen LogP contribution >= 0.6 is 11.8 Å². The standard InChI is InChI=1S/C8H18N4S/c1-7(2)5-4-6-13-8(10-3)11-12-9/h7H,4-6H2,1-3H3,(H2,9,10,11)/p+1. The molecule has 0 aliphatic carbocycles. The highest BCUT2D eigenvalue weighted by molar-refractivity contribution is 8.13. The molecule has 0 heterocycles. The lowest BCUT2D eigenvalue weighted by molar-refractivity contribution is -0.417. The lowest BCUT2D eigenvalue weighted by Gasteiger charge is -2.00. The Hall–Kier alpha value is -0.580. The molecule has 3 N–H and O–H groups in total. The molecule has 4 nitrogen and oxygen atoms in total. The van der Waals surface area contributed by atoms with Gasteiger partial charge in [0, 0.05) is 11.0 Å². The van der Waals surface area contributed by atoms with Crippen LogP contribution in [0, 0.1) is 5.92 Å². The molecule has 76 valence electrons. The number of hydrogen-bond acceptors (Lipinski definition) is 2. The van der Waals surface area contributed by atoms with Gasteiger partial charge in [-0.2, -0.15) is 0 Å². The molecule has 5 heteroatoms. The Bertz CT molecular complexity index is 177. The smallest absolute Gasteiger partial charge is 0.284 e. The minimum atomic E-state index is 0.773. The maximum absolute atomic E-state index is 4.94. The lowest BCUT2D eigenvalue weighted by Crippen LogP contribution is -2.66. The van der Waals surface area contributed by atoms with Crippen LogP contribution in [0.1, 0.15) is 26.7 Å². The molecule has 0 aliphatic heterocycles. The van der Waals surface area contributed by atoms with Crippen molar-refractivity contribution in [3.05, 3.63) is 0 Å². The van der Waals surface area contributed by atoms with Gasteiger partial charge >= 0.3 is 5.17 Å². The first-order valence-corrected chi connectivity index (χ1v) is 5.47. The molecule has 0 bridgehead atoms. The second-order valence-corrected chi connectivity index (χ2v) is 4.24. The monoisotopic (exact) mass is 203 g/mol. The fourth-order valence-corrected chi connectivity index (χ4v) is 1.62. The quantitative estimate of drug-likeness (QED) is 0.175. The number of nitrogens with two attached hydrogens (primary N) is 1. The van der Waals surface area contributed by atoms with E-state index in [4.69, 9.17) is 5.84 Å². The topological polar surface area (TPSA) is 64.7 Å². The summed E-state index contributed by atoms with van der Waals surface area (Å²) in [6, 6.07) is 0. The van der Waals surface area contributed by atoms with Crippen molar-refractivity contribution in [1.29, 1.82) is 0 Å². The Balaban J connectivity index is 3.51. The Kier molecular flexibility index (Phi) is 7.68. The van der Waals surface area contributed by atoms with Crippen molar-refractivity contribution >= 4 is 16.9 Å². The summed E-state index contributed by atoms with van der Waals surface area (Å²) >= 11 is 1.65. The highest BCUT2D eigenvalue weighted by Crippen LogP contribution is 2.09. The maximum atomic E-state index is 4.94. The van der Waals surface area contributed by atoms with Crippen molar-refractivity contribution in [3.63, 3.8) is 0 Å². The molecule has 13 heavy (non-hydrogen) atoms. The number of nitrogens with zero attached hydrogens (tertiary/aromatic N) is 2. The van der Waals surface area contributed by atoms with Gasteiger partial charge in [0.2, 0.25) is 0 Å². The van der Waals surface area contributed by atoms with Gasteiger partial charge in [-0.3, -0.25) is 10.8 Å². The molecule has 0 spiro atoms. The maximum Gasteiger partial charge on any atom is 0.380 e. The summed E-state index contributed by atoms with van der Waals surface area (Å²) in [5.74, 6) is 6.78. The third kappa shape index (κ3) is 7.77. The summed E-state index contributed by atoms with van der Waals surface area (Å²) in [6.07, 6.45) is 2.46. The Morgan fingerprint density at radius 2 is 2.23 bits per heavy atom. The van der Waals surface area contributed by atoms with Crippen molar-refractivity contribution in [1.82, 2.24) is 0 Å². The molecule has 0 rings (SSSR count). The van der Waals surface area contributed by atoms with Crippen molar-refractivity contribution in [3.8, 4) is 0 Å². The van der Waals surface area contributed by atoms with Crippen LogP contribution in [-0.4, -0.2) is 18.0 Å². The molecular weight excluding hydrogens is 184 g/mol. The SMILES string of the molecule is C[NH+]=C(N=NN)SCCCC(C)C. The highest BCUT2D eigenvalue weighted by atomic mass is 32.2. The summed E-state index contributed by atoms with van der Waals surface area (Å²) in [6.45, 7) is 4.46. The number of thioether (sulfide) groups is 1. The van der Waals surface area contributed by atoms with Crippen molar-refractivity contribution in [2.45, 2.75) is 26.7 Å². The zero-order chi connectivity index (χ0) is 10.1. The summed E-state index contributed by atoms with van der Waals surface area (Å²) < 4.78 is 0. The molecule has 0 radical (unpaired) electrons. The Labute approximate surface area is 84.1 Å². The number of hydrogen-bond donors (Lipinski definition) is 2. The van der Waals surface area contributed by atoms with Crippen molar-refractivity contribution in [2.24, 2.45) is 22.1 Å². The average Bonchev–Trinajstić information content (AvgIpc) is 2.10. The van der Waals surface area contributed by atoms with Crippen LogP contribution < -0.4 is 10.8 Å². The van der Waals surface area contributed by atoms with Gasteiger partial charge in [0.25, 0.3) is 0 Å². The average molecular weight is 203 g/mol. The second kappa shape index (κ2) is 8.04. The Morgan fingerprint density at radius 1 is 1.54 bits per heavy atom. The third-order valence-electron chi connectivity index (χ3n) is 1.53. The molecule has 0 saturated carbocycles. The van der Waals surface area contributed by atoms with E-state index in [2.05, 4.69) is 29.2 Å². The van der Waals surface area contributed by atoms with Gasteiger partial charge in [0.05, 0.1) is 7.05 Å². The summed E-state index contributed by atoms with van der Waals surface area (Å²) in [5, 5.41) is 7.74. The van der Waals surface area contributed by atoms with E-state index in [1.54, 1.807) is 11.8 Å². The molecule has 0 fully saturated rings. The number of rotatable bonds is 4. The molecule has 0 aliphatic rings. The van der Waals surface area contributed by atoms with E-state index in [-0.39, 0.29) is 0 Å². The van der Waals surface area contributed by atoms with E-state index in [1.807, 2.05) is 7.05 Å². The lowest BCUT2D eigenvalue weighted by atomic mass is 10.1. The third-order valence-corrected chi connectivity index (χ3v) is 2.58. The summed E-state index contributed by atoms with van der Waals surface area (Å²) in [5.41, 5.74) is 0. The van der Waals surface area contributed by atoms with Crippen molar-refractivity contribution < 1.29 is 4.99 Å². The van der Waals surface area contributed by atoms with Crippen LogP contribution in [0.25, 0.3) is 0 Å². The molecule has 0 saturated heterocycles. The molecule has 0 amide bonds. The van der Waals surface area contributed by atoms with Gasteiger partial charge in [-0.15, -0.1) is 0 Å². The van der Waals surface area contributed by atoms with E-state index >= 15 is 0 Å². The van der Waals surface area contributed by atoms with E-state index in [1.165, 1.54) is 12.8 Å². The van der Waals surface area contributed by atoms with Gasteiger partial charge in [0.15, 0.2) is 0 Å². The number of amidine groups is 1. The fourth-order valence-electron chi connectivity index (χ4n) is 0.864. The molecule has 0 unspecified atom stereocenters. The van der Waals surface area contributed by atoms with Gasteiger partial charge in [-0.05, 0) is 24.1 Å². The molecular formula is C8H19N4S+. The first kappa shape index (κ1) is 12.4. The summed E-state index contributed by atoms with van der Waals surface area (Å²) in [4.78, 5) is 2.93. The van der Waals surface area contributed by atoms with Crippen molar-refractivity contribution in [2.75, 3.05) is 12.8 Å². The predicted molar refractivity (Wildman–Crippen MR) is 57.5 cm³/mol. The molecule has 0 atom stereocenters. The van der Waals surface area contributed by atoms with Crippen LogP contribution in [0.4, 0.5) is 0 Å². The largest absolute Gasteiger partial charge is 0.380 e. The highest BCUT2D eigenvalue weighted by Gasteiger charge is 2.06. The van der Waals surface area contributed by atoms with Crippen LogP contribution in [0.3, 0.4) is 0 Å². The van der Waals surface area contributed by atoms with Gasteiger partial charge < -0.3 is 0 Å². The van der Waals surface area contributed by atoms with E-state index in [0.717, 1.165) is 16.8 Å². The molecule has 0 aromatic rings. The Morgan fingerprint density at radius 3 is 2.69 bits per heavy atom. The fraction of sp³-hybridized carbons (Fsp3) is 0.875. The van der Waals surface area contributed by atoms with Crippen LogP contribution in [-0.2, 0) is 0 Å². The van der Waals surface area contributed by atoms with Crippen LogP contribution in [0.5, 0.6) is 0 Å². The van der Waals surface area contributed by atoms with E-state index < -0.39 is 0 Å². The molecule has 0 aromatic carbocycles. The molecule has 0 aromatic heterocycles. The summed E-state index contributed by atoms with van der Waals surface area (Å²) in [7, 11) is 1.82. The minimum absolute atomic E-state index is 0.773. The van der Waals surface area contributed by atoms with E-state index in [9.17, 15) is 0 Å². The first-order chi connectivity index (χ1) is 6.20. The predicted octanol–water partition coefficient (Wildman–Crippen LogP) is 0.548. The number of nitrogens with one attached hydrogen (secondary N) is 1. The second-order valence-electron chi connectivity index (χ2n) is 3.16.